The van der Waals surface area contributed by atoms with Gasteiger partial charge in [-0.05, 0) is 18.4 Å². The lowest BCUT2D eigenvalue weighted by molar-refractivity contribution is 0.200. The number of hydrogen-bond acceptors (Lipinski definition) is 1. The molecule has 0 fully saturated rings. The van der Waals surface area contributed by atoms with Crippen molar-refractivity contribution in [2.75, 3.05) is 0 Å². The van der Waals surface area contributed by atoms with Crippen molar-refractivity contribution in [3.63, 3.8) is 0 Å². The molecule has 1 N–H and O–H groups in total. The zero-order valence-electron chi connectivity index (χ0n) is 7.86. The van der Waals surface area contributed by atoms with Crippen LogP contribution in [0.25, 0.3) is 10.9 Å². The third kappa shape index (κ3) is 1.23. The average Bonchev–Trinajstić information content (AvgIpc) is 2.48. The minimum absolute atomic E-state index is 0.405. The van der Waals surface area contributed by atoms with Gasteiger partial charge in [0.25, 0.3) is 0 Å². The molecule has 2 rings (SSSR count). The first-order valence-electron chi connectivity index (χ1n) is 4.42. The van der Waals surface area contributed by atoms with Crippen molar-refractivity contribution in [2.24, 2.45) is 7.05 Å². The third-order valence-electron chi connectivity index (χ3n) is 2.38. The fraction of sp³-hybridized carbons (Fsp3) is 0.273. The Morgan fingerprint density at radius 1 is 1.31 bits per heavy atom. The molecule has 13 heavy (non-hydrogen) atoms. The van der Waals surface area contributed by atoms with Gasteiger partial charge in [0, 0.05) is 18.8 Å². The van der Waals surface area contributed by atoms with Crippen LogP contribution in [0.3, 0.4) is 0 Å². The van der Waals surface area contributed by atoms with E-state index in [1.165, 1.54) is 5.39 Å². The molecule has 1 atom stereocenters. The molecular formula is C11H13NO. The third-order valence-corrected chi connectivity index (χ3v) is 2.38. The Balaban J connectivity index is 2.80. The smallest absolute Gasteiger partial charge is 0.0782 e. The summed E-state index contributed by atoms with van der Waals surface area (Å²) < 4.78 is 2.04. The first-order valence-corrected chi connectivity index (χ1v) is 4.42. The predicted molar refractivity (Wildman–Crippen MR) is 53.6 cm³/mol. The van der Waals surface area contributed by atoms with E-state index in [4.69, 9.17) is 0 Å². The quantitative estimate of drug-likeness (QED) is 0.706. The number of rotatable bonds is 1. The summed E-state index contributed by atoms with van der Waals surface area (Å²) in [6.07, 6.45) is 1.61. The molecule has 0 aliphatic rings. The number of aliphatic hydroxyl groups excluding tert-OH is 1. The molecule has 0 saturated heterocycles. The molecule has 0 spiro atoms. The van der Waals surface area contributed by atoms with Gasteiger partial charge >= 0.3 is 0 Å². The molecule has 0 radical (unpaired) electrons. The maximum absolute atomic E-state index is 9.55. The summed E-state index contributed by atoms with van der Waals surface area (Å²) in [7, 11) is 1.99. The van der Waals surface area contributed by atoms with Crippen molar-refractivity contribution in [3.05, 3.63) is 36.0 Å². The zero-order chi connectivity index (χ0) is 9.42. The first kappa shape index (κ1) is 8.32. The van der Waals surface area contributed by atoms with Crippen LogP contribution < -0.4 is 0 Å². The molecule has 0 unspecified atom stereocenters. The van der Waals surface area contributed by atoms with Crippen LogP contribution in [-0.4, -0.2) is 9.67 Å². The molecule has 2 aromatic rings. The van der Waals surface area contributed by atoms with Crippen molar-refractivity contribution in [1.82, 2.24) is 4.57 Å². The summed E-state index contributed by atoms with van der Waals surface area (Å²) >= 11 is 0. The highest BCUT2D eigenvalue weighted by atomic mass is 16.3. The molecule has 0 aliphatic carbocycles. The monoisotopic (exact) mass is 175 g/mol. The number of aryl methyl sites for hydroxylation is 1. The Hall–Kier alpha value is -1.28. The van der Waals surface area contributed by atoms with Crippen LogP contribution >= 0.6 is 0 Å². The van der Waals surface area contributed by atoms with E-state index in [1.807, 2.05) is 29.9 Å². The van der Waals surface area contributed by atoms with Gasteiger partial charge in [0.1, 0.15) is 0 Å². The van der Waals surface area contributed by atoms with Gasteiger partial charge < -0.3 is 9.67 Å². The number of para-hydroxylation sites is 1. The number of hydrogen-bond donors (Lipinski definition) is 1. The highest BCUT2D eigenvalue weighted by molar-refractivity contribution is 5.83. The SMILES string of the molecule is C[C@H](O)c1cccc2ccn(C)c12. The normalized spacial score (nSPS) is 13.5. The second-order valence-corrected chi connectivity index (χ2v) is 3.39. The van der Waals surface area contributed by atoms with Crippen LogP contribution in [-0.2, 0) is 7.05 Å². The Labute approximate surface area is 77.4 Å². The van der Waals surface area contributed by atoms with Gasteiger partial charge in [-0.15, -0.1) is 0 Å². The molecule has 0 saturated carbocycles. The fourth-order valence-corrected chi connectivity index (χ4v) is 1.73. The molecule has 0 bridgehead atoms. The summed E-state index contributed by atoms with van der Waals surface area (Å²) in [5.41, 5.74) is 2.11. The van der Waals surface area contributed by atoms with Crippen LogP contribution in [0.4, 0.5) is 0 Å². The van der Waals surface area contributed by atoms with E-state index < -0.39 is 6.10 Å². The maximum atomic E-state index is 9.55. The van der Waals surface area contributed by atoms with Crippen LogP contribution in [0.1, 0.15) is 18.6 Å². The second-order valence-electron chi connectivity index (χ2n) is 3.39. The van der Waals surface area contributed by atoms with Crippen molar-refractivity contribution in [2.45, 2.75) is 13.0 Å². The lowest BCUT2D eigenvalue weighted by Crippen LogP contribution is -1.95. The topological polar surface area (TPSA) is 25.2 Å². The number of fused-ring (bicyclic) bond motifs is 1. The van der Waals surface area contributed by atoms with E-state index >= 15 is 0 Å². The molecule has 0 aliphatic heterocycles. The van der Waals surface area contributed by atoms with E-state index in [1.54, 1.807) is 6.92 Å². The number of nitrogens with zero attached hydrogens (tertiary/aromatic N) is 1. The molecule has 0 amide bonds. The van der Waals surface area contributed by atoms with Gasteiger partial charge in [-0.25, -0.2) is 0 Å². The van der Waals surface area contributed by atoms with Gasteiger partial charge in [-0.2, -0.15) is 0 Å². The lowest BCUT2D eigenvalue weighted by Gasteiger charge is -2.08. The zero-order valence-corrected chi connectivity index (χ0v) is 7.86. The summed E-state index contributed by atoms with van der Waals surface area (Å²) in [5, 5.41) is 10.7. The van der Waals surface area contributed by atoms with Crippen molar-refractivity contribution < 1.29 is 5.11 Å². The van der Waals surface area contributed by atoms with Gasteiger partial charge in [-0.1, -0.05) is 18.2 Å². The van der Waals surface area contributed by atoms with Crippen LogP contribution in [0.2, 0.25) is 0 Å². The van der Waals surface area contributed by atoms with E-state index in [0.717, 1.165) is 11.1 Å². The Morgan fingerprint density at radius 2 is 2.08 bits per heavy atom. The van der Waals surface area contributed by atoms with Crippen molar-refractivity contribution >= 4 is 10.9 Å². The number of aliphatic hydroxyl groups is 1. The number of benzene rings is 1. The van der Waals surface area contributed by atoms with E-state index in [2.05, 4.69) is 12.1 Å². The van der Waals surface area contributed by atoms with Crippen LogP contribution in [0.5, 0.6) is 0 Å². The lowest BCUT2D eigenvalue weighted by atomic mass is 10.1. The molecule has 1 aromatic heterocycles. The minimum Gasteiger partial charge on any atom is -0.389 e. The van der Waals surface area contributed by atoms with E-state index in [-0.39, 0.29) is 0 Å². The standard InChI is InChI=1S/C11H13NO/c1-8(13)10-5-3-4-9-6-7-12(2)11(9)10/h3-8,13H,1-2H3/t8-/m0/s1. The van der Waals surface area contributed by atoms with Crippen LogP contribution in [0.15, 0.2) is 30.5 Å². The Bertz CT molecular complexity index is 429. The molecule has 2 heteroatoms. The summed E-state index contributed by atoms with van der Waals surface area (Å²) in [4.78, 5) is 0. The van der Waals surface area contributed by atoms with Gasteiger partial charge in [0.15, 0.2) is 0 Å². The first-order chi connectivity index (χ1) is 6.20. The van der Waals surface area contributed by atoms with Crippen LogP contribution in [0, 0.1) is 0 Å². The Kier molecular flexibility index (Phi) is 1.85. The average molecular weight is 175 g/mol. The summed E-state index contributed by atoms with van der Waals surface area (Å²) in [6.45, 7) is 1.79. The van der Waals surface area contributed by atoms with Gasteiger partial charge in [0.2, 0.25) is 0 Å². The van der Waals surface area contributed by atoms with E-state index in [0.29, 0.717) is 0 Å². The highest BCUT2D eigenvalue weighted by Crippen LogP contribution is 2.24. The molecule has 68 valence electrons. The van der Waals surface area contributed by atoms with E-state index in [9.17, 15) is 5.11 Å². The maximum Gasteiger partial charge on any atom is 0.0782 e. The molecule has 1 heterocycles. The van der Waals surface area contributed by atoms with Gasteiger partial charge in [-0.3, -0.25) is 0 Å². The highest BCUT2D eigenvalue weighted by Gasteiger charge is 2.07. The predicted octanol–water partition coefficient (Wildman–Crippen LogP) is 2.23. The summed E-state index contributed by atoms with van der Waals surface area (Å²) in [5.74, 6) is 0. The largest absolute Gasteiger partial charge is 0.389 e. The fourth-order valence-electron chi connectivity index (χ4n) is 1.73. The second kappa shape index (κ2) is 2.89. The Morgan fingerprint density at radius 3 is 2.77 bits per heavy atom. The van der Waals surface area contributed by atoms with Gasteiger partial charge in [0.05, 0.1) is 11.6 Å². The van der Waals surface area contributed by atoms with Crippen molar-refractivity contribution in [3.8, 4) is 0 Å². The minimum atomic E-state index is -0.405. The molecule has 2 nitrogen and oxygen atoms in total. The molecule has 1 aromatic carbocycles. The number of aromatic nitrogens is 1. The summed E-state index contributed by atoms with van der Waals surface area (Å²) in [6, 6.07) is 8.06. The van der Waals surface area contributed by atoms with Crippen molar-refractivity contribution in [1.29, 1.82) is 0 Å². The molecular weight excluding hydrogens is 162 g/mol.